The van der Waals surface area contributed by atoms with Gasteiger partial charge in [0.25, 0.3) is 0 Å². The SMILES string of the molecule is OB(O)c1c(OCC(F)(F)F)ccnc1F. The Labute approximate surface area is 87.6 Å². The number of hydrogen-bond donors (Lipinski definition) is 2. The van der Waals surface area contributed by atoms with Crippen LogP contribution in [0.15, 0.2) is 12.3 Å². The molecule has 0 saturated heterocycles. The second-order valence-electron chi connectivity index (χ2n) is 2.79. The van der Waals surface area contributed by atoms with Crippen LogP contribution >= 0.6 is 0 Å². The van der Waals surface area contributed by atoms with Crippen molar-refractivity contribution >= 4 is 12.6 Å². The van der Waals surface area contributed by atoms with Gasteiger partial charge in [0.15, 0.2) is 6.61 Å². The lowest BCUT2D eigenvalue weighted by molar-refractivity contribution is -0.153. The number of aromatic nitrogens is 1. The molecule has 0 aliphatic heterocycles. The fourth-order valence-electron chi connectivity index (χ4n) is 0.951. The molecule has 16 heavy (non-hydrogen) atoms. The largest absolute Gasteiger partial charge is 0.497 e. The summed E-state index contributed by atoms with van der Waals surface area (Å²) in [4.78, 5) is 3.06. The molecule has 0 aromatic carbocycles. The summed E-state index contributed by atoms with van der Waals surface area (Å²) in [6.07, 6.45) is -3.75. The summed E-state index contributed by atoms with van der Waals surface area (Å²) in [6, 6.07) is 0.906. The number of alkyl halides is 3. The molecule has 0 saturated carbocycles. The van der Waals surface area contributed by atoms with E-state index in [1.54, 1.807) is 0 Å². The number of hydrogen-bond acceptors (Lipinski definition) is 4. The maximum atomic E-state index is 12.9. The van der Waals surface area contributed by atoms with Crippen molar-refractivity contribution in [3.8, 4) is 5.75 Å². The van der Waals surface area contributed by atoms with Gasteiger partial charge in [-0.25, -0.2) is 4.98 Å². The van der Waals surface area contributed by atoms with Gasteiger partial charge in [0.05, 0.1) is 5.46 Å². The fraction of sp³-hybridized carbons (Fsp3) is 0.286. The first kappa shape index (κ1) is 12.7. The van der Waals surface area contributed by atoms with Crippen LogP contribution in [0.5, 0.6) is 5.75 Å². The Morgan fingerprint density at radius 1 is 1.38 bits per heavy atom. The molecule has 0 aliphatic rings. The van der Waals surface area contributed by atoms with Gasteiger partial charge in [0.2, 0.25) is 5.95 Å². The summed E-state index contributed by atoms with van der Waals surface area (Å²) in [5.74, 6) is -1.91. The minimum absolute atomic E-state index is 0.611. The van der Waals surface area contributed by atoms with Gasteiger partial charge in [-0.15, -0.1) is 0 Å². The standard InChI is InChI=1S/C7H6BF4NO3/c9-6-5(8(14)15)4(1-2-13-6)16-3-7(10,11)12/h1-2,14-15H,3H2. The summed E-state index contributed by atoms with van der Waals surface area (Å²) in [5, 5.41) is 17.5. The van der Waals surface area contributed by atoms with Crippen molar-refractivity contribution in [2.75, 3.05) is 6.61 Å². The van der Waals surface area contributed by atoms with Crippen LogP contribution in [0.25, 0.3) is 0 Å². The lowest BCUT2D eigenvalue weighted by Gasteiger charge is -2.12. The van der Waals surface area contributed by atoms with Crippen LogP contribution in [0.1, 0.15) is 0 Å². The molecule has 1 rings (SSSR count). The van der Waals surface area contributed by atoms with E-state index in [-0.39, 0.29) is 0 Å². The topological polar surface area (TPSA) is 62.6 Å². The Bertz CT molecular complexity index is 371. The average Bonchev–Trinajstić information content (AvgIpc) is 2.12. The van der Waals surface area contributed by atoms with Crippen molar-refractivity contribution in [3.05, 3.63) is 18.2 Å². The van der Waals surface area contributed by atoms with E-state index in [0.29, 0.717) is 0 Å². The number of pyridine rings is 1. The van der Waals surface area contributed by atoms with Gasteiger partial charge in [-0.05, 0) is 6.07 Å². The zero-order valence-corrected chi connectivity index (χ0v) is 7.70. The van der Waals surface area contributed by atoms with Gasteiger partial charge in [-0.3, -0.25) is 0 Å². The van der Waals surface area contributed by atoms with E-state index < -0.39 is 37.1 Å². The van der Waals surface area contributed by atoms with Gasteiger partial charge in [-0.1, -0.05) is 0 Å². The molecule has 0 unspecified atom stereocenters. The number of halogens is 4. The van der Waals surface area contributed by atoms with E-state index in [0.717, 1.165) is 12.3 Å². The summed E-state index contributed by atoms with van der Waals surface area (Å²) >= 11 is 0. The molecule has 2 N–H and O–H groups in total. The first-order chi connectivity index (χ1) is 7.31. The van der Waals surface area contributed by atoms with Crippen LogP contribution < -0.4 is 10.2 Å². The maximum absolute atomic E-state index is 12.9. The third-order valence-electron chi connectivity index (χ3n) is 1.55. The van der Waals surface area contributed by atoms with Crippen LogP contribution in [0.3, 0.4) is 0 Å². The zero-order valence-electron chi connectivity index (χ0n) is 7.70. The number of ether oxygens (including phenoxy) is 1. The molecule has 0 amide bonds. The molecule has 4 nitrogen and oxygen atoms in total. The minimum Gasteiger partial charge on any atom is -0.484 e. The normalized spacial score (nSPS) is 11.4. The van der Waals surface area contributed by atoms with Gasteiger partial charge < -0.3 is 14.8 Å². The average molecular weight is 239 g/mol. The summed E-state index contributed by atoms with van der Waals surface area (Å²) < 4.78 is 52.6. The van der Waals surface area contributed by atoms with Crippen LogP contribution in [0.2, 0.25) is 0 Å². The van der Waals surface area contributed by atoms with E-state index in [9.17, 15) is 17.6 Å². The van der Waals surface area contributed by atoms with Crippen molar-refractivity contribution < 1.29 is 32.3 Å². The number of nitrogens with zero attached hydrogens (tertiary/aromatic N) is 1. The first-order valence-electron chi connectivity index (χ1n) is 4.01. The van der Waals surface area contributed by atoms with E-state index in [1.807, 2.05) is 0 Å². The Balaban J connectivity index is 2.91. The smallest absolute Gasteiger partial charge is 0.484 e. The highest BCUT2D eigenvalue weighted by Crippen LogP contribution is 2.17. The van der Waals surface area contributed by atoms with Gasteiger partial charge in [-0.2, -0.15) is 17.6 Å². The van der Waals surface area contributed by atoms with Gasteiger partial charge >= 0.3 is 13.3 Å². The van der Waals surface area contributed by atoms with Crippen LogP contribution in [0, 0.1) is 5.95 Å². The first-order valence-corrected chi connectivity index (χ1v) is 4.01. The van der Waals surface area contributed by atoms with Crippen molar-refractivity contribution in [2.24, 2.45) is 0 Å². The zero-order chi connectivity index (χ0) is 12.3. The molecule has 0 spiro atoms. The third kappa shape index (κ3) is 3.35. The summed E-state index contributed by atoms with van der Waals surface area (Å²) in [5.41, 5.74) is -0.827. The highest BCUT2D eigenvalue weighted by Gasteiger charge is 2.30. The quantitative estimate of drug-likeness (QED) is 0.437. The minimum atomic E-state index is -4.60. The molecular formula is C7H6BF4NO3. The summed E-state index contributed by atoms with van der Waals surface area (Å²) in [6.45, 7) is -1.66. The second kappa shape index (κ2) is 4.66. The molecule has 0 fully saturated rings. The fourth-order valence-corrected chi connectivity index (χ4v) is 0.951. The van der Waals surface area contributed by atoms with E-state index >= 15 is 0 Å². The molecule has 0 radical (unpaired) electrons. The Morgan fingerprint density at radius 3 is 2.50 bits per heavy atom. The maximum Gasteiger partial charge on any atom is 0.497 e. The van der Waals surface area contributed by atoms with Crippen molar-refractivity contribution in [2.45, 2.75) is 6.18 Å². The molecule has 0 atom stereocenters. The molecule has 1 aromatic heterocycles. The van der Waals surface area contributed by atoms with Crippen molar-refractivity contribution in [1.82, 2.24) is 4.98 Å². The predicted octanol–water partition coefficient (Wildman–Crippen LogP) is -0.158. The summed E-state index contributed by atoms with van der Waals surface area (Å²) in [7, 11) is -2.29. The lowest BCUT2D eigenvalue weighted by Crippen LogP contribution is -2.36. The van der Waals surface area contributed by atoms with Crippen LogP contribution in [-0.4, -0.2) is 34.9 Å². The van der Waals surface area contributed by atoms with Crippen LogP contribution in [-0.2, 0) is 0 Å². The molecule has 9 heteroatoms. The Morgan fingerprint density at radius 2 is 2.00 bits per heavy atom. The molecule has 0 bridgehead atoms. The third-order valence-corrected chi connectivity index (χ3v) is 1.55. The van der Waals surface area contributed by atoms with E-state index in [4.69, 9.17) is 10.0 Å². The Kier molecular flexibility index (Phi) is 3.71. The van der Waals surface area contributed by atoms with Gasteiger partial charge in [0, 0.05) is 6.20 Å². The second-order valence-corrected chi connectivity index (χ2v) is 2.79. The highest BCUT2D eigenvalue weighted by molar-refractivity contribution is 6.59. The predicted molar refractivity (Wildman–Crippen MR) is 45.6 cm³/mol. The van der Waals surface area contributed by atoms with E-state index in [1.165, 1.54) is 0 Å². The molecule has 1 heterocycles. The monoisotopic (exact) mass is 239 g/mol. The molecule has 88 valence electrons. The number of rotatable bonds is 3. The molecule has 1 aromatic rings. The van der Waals surface area contributed by atoms with E-state index in [2.05, 4.69) is 9.72 Å². The molecule has 0 aliphatic carbocycles. The van der Waals surface area contributed by atoms with Crippen molar-refractivity contribution in [3.63, 3.8) is 0 Å². The molecular weight excluding hydrogens is 233 g/mol. The lowest BCUT2D eigenvalue weighted by atomic mass is 9.80. The van der Waals surface area contributed by atoms with Gasteiger partial charge in [0.1, 0.15) is 5.75 Å². The Hall–Kier alpha value is -1.35. The van der Waals surface area contributed by atoms with Crippen molar-refractivity contribution in [1.29, 1.82) is 0 Å². The highest BCUT2D eigenvalue weighted by atomic mass is 19.4. The van der Waals surface area contributed by atoms with Crippen LogP contribution in [0.4, 0.5) is 17.6 Å².